The lowest BCUT2D eigenvalue weighted by atomic mass is 9.82. The van der Waals surface area contributed by atoms with Crippen molar-refractivity contribution in [1.82, 2.24) is 5.32 Å². The van der Waals surface area contributed by atoms with Crippen LogP contribution < -0.4 is 5.32 Å². The molecule has 1 nitrogen and oxygen atoms in total. The molecule has 18 heavy (non-hydrogen) atoms. The van der Waals surface area contributed by atoms with Crippen LogP contribution in [-0.4, -0.2) is 12.1 Å². The Morgan fingerprint density at radius 1 is 0.944 bits per heavy atom. The molecule has 0 heterocycles. The Labute approximate surface area is 113 Å². The van der Waals surface area contributed by atoms with Crippen LogP contribution in [0.5, 0.6) is 0 Å². The predicted molar refractivity (Wildman–Crippen MR) is 77.6 cm³/mol. The van der Waals surface area contributed by atoms with Crippen LogP contribution in [0.1, 0.15) is 71.6 Å². The van der Waals surface area contributed by atoms with Gasteiger partial charge < -0.3 is 5.32 Å². The summed E-state index contributed by atoms with van der Waals surface area (Å²) in [6, 6.07) is 1.69. The van der Waals surface area contributed by atoms with E-state index in [4.69, 9.17) is 0 Å². The molecule has 3 aliphatic carbocycles. The molecule has 3 saturated carbocycles. The van der Waals surface area contributed by atoms with Crippen molar-refractivity contribution in [3.8, 4) is 0 Å². The average molecular weight is 249 g/mol. The fraction of sp³-hybridized carbons (Fsp3) is 1.00. The molecule has 0 aromatic rings. The van der Waals surface area contributed by atoms with E-state index in [-0.39, 0.29) is 0 Å². The third-order valence-corrected chi connectivity index (χ3v) is 6.20. The van der Waals surface area contributed by atoms with Gasteiger partial charge >= 0.3 is 0 Å². The van der Waals surface area contributed by atoms with Crippen molar-refractivity contribution >= 4 is 0 Å². The van der Waals surface area contributed by atoms with Crippen molar-refractivity contribution in [1.29, 1.82) is 0 Å². The van der Waals surface area contributed by atoms with Crippen LogP contribution in [0.25, 0.3) is 0 Å². The van der Waals surface area contributed by atoms with E-state index in [2.05, 4.69) is 19.2 Å². The van der Waals surface area contributed by atoms with Crippen molar-refractivity contribution in [2.75, 3.05) is 0 Å². The van der Waals surface area contributed by atoms with Crippen LogP contribution in [0.15, 0.2) is 0 Å². The summed E-state index contributed by atoms with van der Waals surface area (Å²) in [4.78, 5) is 0. The van der Waals surface area contributed by atoms with Gasteiger partial charge in [0.2, 0.25) is 0 Å². The second-order valence-electron chi connectivity index (χ2n) is 7.34. The van der Waals surface area contributed by atoms with Gasteiger partial charge in [0.25, 0.3) is 0 Å². The summed E-state index contributed by atoms with van der Waals surface area (Å²) in [5, 5.41) is 4.04. The zero-order valence-corrected chi connectivity index (χ0v) is 12.3. The van der Waals surface area contributed by atoms with Crippen LogP contribution in [0.3, 0.4) is 0 Å². The third kappa shape index (κ3) is 2.76. The van der Waals surface area contributed by atoms with Crippen LogP contribution in [0, 0.1) is 23.7 Å². The van der Waals surface area contributed by atoms with E-state index in [1.807, 2.05) is 0 Å². The minimum atomic E-state index is 0.831. The second-order valence-corrected chi connectivity index (χ2v) is 7.34. The minimum Gasteiger partial charge on any atom is -0.311 e. The van der Waals surface area contributed by atoms with E-state index < -0.39 is 0 Å². The Hall–Kier alpha value is -0.0400. The van der Waals surface area contributed by atoms with Crippen molar-refractivity contribution in [2.24, 2.45) is 23.7 Å². The summed E-state index contributed by atoms with van der Waals surface area (Å²) >= 11 is 0. The van der Waals surface area contributed by atoms with Crippen LogP contribution >= 0.6 is 0 Å². The normalized spacial score (nSPS) is 45.3. The fourth-order valence-electron chi connectivity index (χ4n) is 4.74. The highest BCUT2D eigenvalue weighted by molar-refractivity contribution is 4.92. The van der Waals surface area contributed by atoms with E-state index in [1.165, 1.54) is 57.8 Å². The summed E-state index contributed by atoms with van der Waals surface area (Å²) in [6.07, 6.45) is 13.3. The van der Waals surface area contributed by atoms with Gasteiger partial charge in [-0.1, -0.05) is 33.1 Å². The van der Waals surface area contributed by atoms with E-state index in [1.54, 1.807) is 0 Å². The van der Waals surface area contributed by atoms with E-state index in [0.717, 1.165) is 35.8 Å². The van der Waals surface area contributed by atoms with Crippen LogP contribution in [0.2, 0.25) is 0 Å². The summed E-state index contributed by atoms with van der Waals surface area (Å²) in [5.41, 5.74) is 0. The summed E-state index contributed by atoms with van der Waals surface area (Å²) in [5.74, 6) is 4.11. The first kappa shape index (κ1) is 13.0. The standard InChI is InChI=1S/C17H31N/c1-3-13-9-10-17(12(13)2)18-16-6-4-5-15(11-16)14-7-8-14/h12-18H,3-11H2,1-2H3. The first-order valence-electron chi connectivity index (χ1n) is 8.54. The average Bonchev–Trinajstić information content (AvgIpc) is 3.18. The van der Waals surface area contributed by atoms with Crippen LogP contribution in [-0.2, 0) is 0 Å². The minimum absolute atomic E-state index is 0.831. The van der Waals surface area contributed by atoms with Gasteiger partial charge in [0.15, 0.2) is 0 Å². The molecule has 0 aromatic heterocycles. The molecular weight excluding hydrogens is 218 g/mol. The van der Waals surface area contributed by atoms with E-state index in [0.29, 0.717) is 0 Å². The lowest BCUT2D eigenvalue weighted by molar-refractivity contribution is 0.228. The molecule has 0 saturated heterocycles. The van der Waals surface area contributed by atoms with Gasteiger partial charge in [-0.2, -0.15) is 0 Å². The highest BCUT2D eigenvalue weighted by Gasteiger charge is 2.37. The highest BCUT2D eigenvalue weighted by Crippen LogP contribution is 2.44. The molecule has 104 valence electrons. The highest BCUT2D eigenvalue weighted by atomic mass is 15.0. The number of hydrogen-bond donors (Lipinski definition) is 1. The maximum Gasteiger partial charge on any atom is 0.00980 e. The van der Waals surface area contributed by atoms with E-state index in [9.17, 15) is 0 Å². The number of nitrogens with one attached hydrogen (secondary N) is 1. The Balaban J connectivity index is 1.50. The molecule has 1 heteroatoms. The quantitative estimate of drug-likeness (QED) is 0.780. The molecule has 3 fully saturated rings. The van der Waals surface area contributed by atoms with Gasteiger partial charge in [0.1, 0.15) is 0 Å². The molecule has 0 radical (unpaired) electrons. The van der Waals surface area contributed by atoms with Crippen molar-refractivity contribution in [3.05, 3.63) is 0 Å². The maximum atomic E-state index is 4.04. The van der Waals surface area contributed by atoms with E-state index >= 15 is 0 Å². The van der Waals surface area contributed by atoms with Gasteiger partial charge in [0, 0.05) is 12.1 Å². The number of rotatable bonds is 4. The first-order valence-corrected chi connectivity index (χ1v) is 8.54. The molecule has 3 rings (SSSR count). The van der Waals surface area contributed by atoms with Gasteiger partial charge in [-0.15, -0.1) is 0 Å². The lowest BCUT2D eigenvalue weighted by Crippen LogP contribution is -2.43. The summed E-state index contributed by atoms with van der Waals surface area (Å²) in [6.45, 7) is 4.85. The molecular formula is C17H31N. The smallest absolute Gasteiger partial charge is 0.00980 e. The third-order valence-electron chi connectivity index (χ3n) is 6.20. The number of hydrogen-bond acceptors (Lipinski definition) is 1. The summed E-state index contributed by atoms with van der Waals surface area (Å²) in [7, 11) is 0. The van der Waals surface area contributed by atoms with Gasteiger partial charge in [-0.05, 0) is 62.2 Å². The van der Waals surface area contributed by atoms with Gasteiger partial charge in [-0.25, -0.2) is 0 Å². The SMILES string of the molecule is CCC1CCC(NC2CCCC(C3CC3)C2)C1C. The fourth-order valence-corrected chi connectivity index (χ4v) is 4.74. The second kappa shape index (κ2) is 5.53. The first-order chi connectivity index (χ1) is 8.78. The molecule has 3 aliphatic rings. The largest absolute Gasteiger partial charge is 0.311 e. The molecule has 0 aliphatic heterocycles. The topological polar surface area (TPSA) is 12.0 Å². The zero-order chi connectivity index (χ0) is 12.5. The molecule has 1 N–H and O–H groups in total. The molecule has 0 aromatic carbocycles. The van der Waals surface area contributed by atoms with Gasteiger partial charge in [-0.3, -0.25) is 0 Å². The predicted octanol–water partition coefficient (Wildman–Crippen LogP) is 4.37. The molecule has 0 spiro atoms. The molecule has 0 amide bonds. The van der Waals surface area contributed by atoms with Gasteiger partial charge in [0.05, 0.1) is 0 Å². The Kier molecular flexibility index (Phi) is 3.98. The maximum absolute atomic E-state index is 4.04. The molecule has 0 bridgehead atoms. The van der Waals surface area contributed by atoms with Crippen molar-refractivity contribution < 1.29 is 0 Å². The Bertz CT molecular complexity index is 271. The lowest BCUT2D eigenvalue weighted by Gasteiger charge is -2.33. The van der Waals surface area contributed by atoms with Crippen molar-refractivity contribution in [2.45, 2.75) is 83.7 Å². The van der Waals surface area contributed by atoms with Crippen molar-refractivity contribution in [3.63, 3.8) is 0 Å². The zero-order valence-electron chi connectivity index (χ0n) is 12.3. The Morgan fingerprint density at radius 3 is 2.44 bits per heavy atom. The Morgan fingerprint density at radius 2 is 1.78 bits per heavy atom. The van der Waals surface area contributed by atoms with Crippen LogP contribution in [0.4, 0.5) is 0 Å². The molecule has 5 unspecified atom stereocenters. The summed E-state index contributed by atoms with van der Waals surface area (Å²) < 4.78 is 0. The monoisotopic (exact) mass is 249 g/mol. The molecule has 5 atom stereocenters.